The Labute approximate surface area is 184 Å². The van der Waals surface area contributed by atoms with Crippen molar-refractivity contribution in [1.29, 1.82) is 0 Å². The molecule has 0 radical (unpaired) electrons. The molecule has 0 amide bonds. The number of nitrogens with zero attached hydrogens (tertiary/aromatic N) is 2. The minimum Gasteiger partial charge on any atom is -0.473 e. The van der Waals surface area contributed by atoms with Gasteiger partial charge in [0.1, 0.15) is 0 Å². The van der Waals surface area contributed by atoms with Crippen LogP contribution >= 0.6 is 23.2 Å². The molecule has 1 saturated heterocycles. The van der Waals surface area contributed by atoms with Crippen molar-refractivity contribution in [2.75, 3.05) is 26.2 Å². The van der Waals surface area contributed by atoms with Gasteiger partial charge >= 0.3 is 11.9 Å². The molecule has 1 fully saturated rings. The largest absolute Gasteiger partial charge is 0.473 e. The fourth-order valence-corrected chi connectivity index (χ4v) is 4.54. The first-order chi connectivity index (χ1) is 14.1. The molecule has 0 saturated carbocycles. The summed E-state index contributed by atoms with van der Waals surface area (Å²) < 4.78 is 26.8. The number of piperazine rings is 1. The first kappa shape index (κ1) is 24.1. The highest BCUT2D eigenvalue weighted by Crippen LogP contribution is 2.21. The number of carboxylic acid groups (broad SMARTS) is 2. The van der Waals surface area contributed by atoms with E-state index in [1.54, 1.807) is 24.3 Å². The Balaban J connectivity index is 0.000000469. The van der Waals surface area contributed by atoms with E-state index in [-0.39, 0.29) is 4.90 Å². The summed E-state index contributed by atoms with van der Waals surface area (Å²) in [7, 11) is -3.45. The van der Waals surface area contributed by atoms with E-state index in [1.807, 2.05) is 24.3 Å². The highest BCUT2D eigenvalue weighted by Gasteiger charge is 2.28. The van der Waals surface area contributed by atoms with Gasteiger partial charge in [-0.05, 0) is 42.0 Å². The van der Waals surface area contributed by atoms with Gasteiger partial charge in [0.15, 0.2) is 0 Å². The van der Waals surface area contributed by atoms with Gasteiger partial charge in [-0.1, -0.05) is 35.3 Å². The number of sulfonamides is 1. The zero-order valence-electron chi connectivity index (χ0n) is 15.7. The normalized spacial score (nSPS) is 15.1. The summed E-state index contributed by atoms with van der Waals surface area (Å²) in [6.07, 6.45) is 0. The van der Waals surface area contributed by atoms with Crippen LogP contribution in [-0.2, 0) is 26.2 Å². The average molecular weight is 475 g/mol. The van der Waals surface area contributed by atoms with E-state index in [2.05, 4.69) is 4.90 Å². The second kappa shape index (κ2) is 10.7. The maximum atomic E-state index is 12.7. The zero-order chi connectivity index (χ0) is 22.3. The molecular formula is C19H20Cl2N2O6S. The minimum absolute atomic E-state index is 0.287. The minimum atomic E-state index is -3.45. The monoisotopic (exact) mass is 474 g/mol. The van der Waals surface area contributed by atoms with Crippen molar-refractivity contribution in [2.24, 2.45) is 0 Å². The molecule has 1 aliphatic heterocycles. The number of carboxylic acids is 2. The van der Waals surface area contributed by atoms with Crippen LogP contribution in [0.15, 0.2) is 53.4 Å². The molecule has 0 unspecified atom stereocenters. The van der Waals surface area contributed by atoms with Crippen molar-refractivity contribution in [1.82, 2.24) is 9.21 Å². The van der Waals surface area contributed by atoms with Crippen LogP contribution in [0.5, 0.6) is 0 Å². The van der Waals surface area contributed by atoms with Gasteiger partial charge in [0.25, 0.3) is 0 Å². The summed E-state index contributed by atoms with van der Waals surface area (Å²) in [4.78, 5) is 20.7. The number of benzene rings is 2. The molecule has 0 aliphatic carbocycles. The molecule has 0 spiro atoms. The maximum Gasteiger partial charge on any atom is 0.414 e. The molecule has 11 heteroatoms. The van der Waals surface area contributed by atoms with Crippen LogP contribution in [0.2, 0.25) is 10.0 Å². The Morgan fingerprint density at radius 2 is 1.43 bits per heavy atom. The van der Waals surface area contributed by atoms with Crippen molar-refractivity contribution >= 4 is 45.2 Å². The van der Waals surface area contributed by atoms with Gasteiger partial charge in [0.05, 0.1) is 4.90 Å². The summed E-state index contributed by atoms with van der Waals surface area (Å²) in [5.74, 6) is -3.65. The molecule has 1 aliphatic rings. The zero-order valence-corrected chi connectivity index (χ0v) is 18.1. The summed E-state index contributed by atoms with van der Waals surface area (Å²) in [5, 5.41) is 16.0. The highest BCUT2D eigenvalue weighted by atomic mass is 35.5. The lowest BCUT2D eigenvalue weighted by atomic mass is 10.2. The summed E-state index contributed by atoms with van der Waals surface area (Å²) >= 11 is 11.8. The summed E-state index contributed by atoms with van der Waals surface area (Å²) in [5.41, 5.74) is 1.14. The number of halogens is 2. The fourth-order valence-electron chi connectivity index (χ4n) is 2.78. The number of hydrogen-bond donors (Lipinski definition) is 2. The lowest BCUT2D eigenvalue weighted by Crippen LogP contribution is -2.48. The Morgan fingerprint density at radius 3 is 1.93 bits per heavy atom. The third-order valence-electron chi connectivity index (χ3n) is 4.26. The number of carbonyl (C=O) groups is 2. The van der Waals surface area contributed by atoms with Crippen molar-refractivity contribution in [2.45, 2.75) is 11.4 Å². The predicted octanol–water partition coefficient (Wildman–Crippen LogP) is 2.66. The lowest BCUT2D eigenvalue weighted by Gasteiger charge is -2.34. The molecule has 1 heterocycles. The van der Waals surface area contributed by atoms with E-state index in [1.165, 1.54) is 4.31 Å². The Kier molecular flexibility index (Phi) is 8.63. The van der Waals surface area contributed by atoms with Crippen LogP contribution in [0.4, 0.5) is 0 Å². The second-order valence-electron chi connectivity index (χ2n) is 6.37. The predicted molar refractivity (Wildman–Crippen MR) is 112 cm³/mol. The van der Waals surface area contributed by atoms with Crippen LogP contribution in [0, 0.1) is 0 Å². The third kappa shape index (κ3) is 6.96. The first-order valence-corrected chi connectivity index (χ1v) is 11.0. The summed E-state index contributed by atoms with van der Waals surface area (Å²) in [6, 6.07) is 14.1. The van der Waals surface area contributed by atoms with Crippen molar-refractivity contribution in [3.05, 3.63) is 64.1 Å². The van der Waals surface area contributed by atoms with Gasteiger partial charge in [-0.2, -0.15) is 4.31 Å². The van der Waals surface area contributed by atoms with E-state index >= 15 is 0 Å². The van der Waals surface area contributed by atoms with Crippen molar-refractivity contribution in [3.63, 3.8) is 0 Å². The fraction of sp³-hybridized carbons (Fsp3) is 0.263. The highest BCUT2D eigenvalue weighted by molar-refractivity contribution is 7.89. The molecule has 0 aromatic heterocycles. The van der Waals surface area contributed by atoms with E-state index < -0.39 is 22.0 Å². The molecule has 2 N–H and O–H groups in total. The van der Waals surface area contributed by atoms with Crippen LogP contribution in [0.3, 0.4) is 0 Å². The number of aliphatic carboxylic acids is 2. The molecule has 8 nitrogen and oxygen atoms in total. The van der Waals surface area contributed by atoms with Gasteiger partial charge in [0.2, 0.25) is 10.0 Å². The Bertz CT molecular complexity index is 978. The molecule has 162 valence electrons. The van der Waals surface area contributed by atoms with Crippen molar-refractivity contribution < 1.29 is 28.2 Å². The van der Waals surface area contributed by atoms with Crippen LogP contribution in [0.1, 0.15) is 5.56 Å². The summed E-state index contributed by atoms with van der Waals surface area (Å²) in [6.45, 7) is 3.12. The molecule has 30 heavy (non-hydrogen) atoms. The molecule has 0 atom stereocenters. The van der Waals surface area contributed by atoms with E-state index in [4.69, 9.17) is 43.0 Å². The van der Waals surface area contributed by atoms with Crippen LogP contribution in [-0.4, -0.2) is 66.0 Å². The standard InChI is InChI=1S/C17H18Cl2N2O2S.C2H2O4/c18-15-4-6-17(7-5-15)24(22,23)21-10-8-20(9-11-21)13-14-2-1-3-16(19)12-14;3-1(4)2(5)6/h1-7,12H,8-11,13H2;(H,3,4)(H,5,6). The second-order valence-corrected chi connectivity index (χ2v) is 9.19. The van der Waals surface area contributed by atoms with Crippen molar-refractivity contribution in [3.8, 4) is 0 Å². The van der Waals surface area contributed by atoms with Gasteiger partial charge in [0, 0.05) is 42.8 Å². The Hall–Kier alpha value is -2.17. The smallest absolute Gasteiger partial charge is 0.414 e. The van der Waals surface area contributed by atoms with E-state index in [0.29, 0.717) is 31.2 Å². The number of rotatable bonds is 4. The maximum absolute atomic E-state index is 12.7. The Morgan fingerprint density at radius 1 is 0.867 bits per heavy atom. The van der Waals surface area contributed by atoms with Gasteiger partial charge < -0.3 is 10.2 Å². The molecule has 2 aromatic carbocycles. The molecule has 0 bridgehead atoms. The SMILES string of the molecule is O=C(O)C(=O)O.O=S(=O)(c1ccc(Cl)cc1)N1CCN(Cc2cccc(Cl)c2)CC1. The van der Waals surface area contributed by atoms with Gasteiger partial charge in [-0.3, -0.25) is 4.90 Å². The molecular weight excluding hydrogens is 455 g/mol. The quantitative estimate of drug-likeness (QED) is 0.654. The topological polar surface area (TPSA) is 115 Å². The van der Waals surface area contributed by atoms with Gasteiger partial charge in [-0.25, -0.2) is 18.0 Å². The number of hydrogen-bond acceptors (Lipinski definition) is 5. The molecule has 2 aromatic rings. The third-order valence-corrected chi connectivity index (χ3v) is 6.66. The van der Waals surface area contributed by atoms with Crippen LogP contribution < -0.4 is 0 Å². The van der Waals surface area contributed by atoms with E-state index in [9.17, 15) is 8.42 Å². The first-order valence-electron chi connectivity index (χ1n) is 8.78. The molecule has 3 rings (SSSR count). The van der Waals surface area contributed by atoms with Crippen LogP contribution in [0.25, 0.3) is 0 Å². The lowest BCUT2D eigenvalue weighted by molar-refractivity contribution is -0.159. The average Bonchev–Trinajstić information content (AvgIpc) is 2.69. The van der Waals surface area contributed by atoms with Gasteiger partial charge in [-0.15, -0.1) is 0 Å². The van der Waals surface area contributed by atoms with E-state index in [0.717, 1.165) is 17.1 Å².